The third kappa shape index (κ3) is 6.23. The summed E-state index contributed by atoms with van der Waals surface area (Å²) in [7, 11) is 0. The van der Waals surface area contributed by atoms with Gasteiger partial charge in [-0.2, -0.15) is 0 Å². The van der Waals surface area contributed by atoms with Crippen LogP contribution in [0, 0.1) is 5.92 Å². The Labute approximate surface area is 203 Å². The minimum Gasteiger partial charge on any atom is -0.486 e. The number of cyclic esters (lactones) is 1. The minimum atomic E-state index is -0.155. The molecule has 2 saturated heterocycles. The van der Waals surface area contributed by atoms with Crippen molar-refractivity contribution in [1.29, 1.82) is 0 Å². The van der Waals surface area contributed by atoms with Gasteiger partial charge in [-0.1, -0.05) is 56.3 Å². The van der Waals surface area contributed by atoms with Crippen LogP contribution in [0.4, 0.5) is 4.79 Å². The maximum atomic E-state index is 12.3. The number of ether oxygens (including phenoxy) is 3. The quantitative estimate of drug-likeness (QED) is 0.574. The minimum absolute atomic E-state index is 0.0829. The first-order valence-electron chi connectivity index (χ1n) is 12.8. The Morgan fingerprint density at radius 1 is 0.882 bits per heavy atom. The predicted molar refractivity (Wildman–Crippen MR) is 133 cm³/mol. The second-order valence-electron chi connectivity index (χ2n) is 9.14. The van der Waals surface area contributed by atoms with Crippen molar-refractivity contribution in [2.45, 2.75) is 51.7 Å². The lowest BCUT2D eigenvalue weighted by Gasteiger charge is -2.36. The van der Waals surface area contributed by atoms with Crippen LogP contribution in [0.15, 0.2) is 54.6 Å². The van der Waals surface area contributed by atoms with E-state index in [-0.39, 0.29) is 18.2 Å². The molecule has 2 unspecified atom stereocenters. The highest BCUT2D eigenvalue weighted by Crippen LogP contribution is 2.31. The van der Waals surface area contributed by atoms with Gasteiger partial charge in [-0.25, -0.2) is 4.79 Å². The summed E-state index contributed by atoms with van der Waals surface area (Å²) < 4.78 is 17.4. The molecule has 6 nitrogen and oxygen atoms in total. The first-order valence-corrected chi connectivity index (χ1v) is 12.8. The average molecular weight is 467 g/mol. The smallest absolute Gasteiger partial charge is 0.410 e. The molecule has 1 amide bonds. The number of piperidine rings is 1. The molecule has 2 aromatic carbocycles. The van der Waals surface area contributed by atoms with Gasteiger partial charge in [0.15, 0.2) is 11.5 Å². The number of likely N-dealkylation sites (tertiary alicyclic amines) is 1. The van der Waals surface area contributed by atoms with Gasteiger partial charge in [0.25, 0.3) is 0 Å². The van der Waals surface area contributed by atoms with Gasteiger partial charge in [0, 0.05) is 13.1 Å². The molecule has 2 aromatic rings. The third-order valence-corrected chi connectivity index (χ3v) is 6.90. The molecule has 34 heavy (non-hydrogen) atoms. The Kier molecular flexibility index (Phi) is 8.69. The maximum Gasteiger partial charge on any atom is 0.410 e. The Morgan fingerprint density at radius 3 is 2.35 bits per heavy atom. The summed E-state index contributed by atoms with van der Waals surface area (Å²) in [4.78, 5) is 16.7. The molecule has 3 aliphatic heterocycles. The van der Waals surface area contributed by atoms with Gasteiger partial charge in [0.1, 0.15) is 19.3 Å². The molecular weight excluding hydrogens is 428 g/mol. The van der Waals surface area contributed by atoms with Crippen LogP contribution < -0.4 is 9.47 Å². The van der Waals surface area contributed by atoms with E-state index in [1.807, 2.05) is 61.2 Å². The van der Waals surface area contributed by atoms with Gasteiger partial charge >= 0.3 is 6.09 Å². The molecule has 0 spiro atoms. The van der Waals surface area contributed by atoms with E-state index in [4.69, 9.17) is 14.2 Å². The van der Waals surface area contributed by atoms with Crippen LogP contribution in [0.5, 0.6) is 11.5 Å². The number of carbonyl (C=O) groups is 1. The zero-order valence-corrected chi connectivity index (χ0v) is 20.5. The van der Waals surface area contributed by atoms with E-state index in [0.29, 0.717) is 19.1 Å². The molecule has 0 saturated carbocycles. The van der Waals surface area contributed by atoms with Crippen LogP contribution in [0.1, 0.15) is 38.7 Å². The zero-order chi connectivity index (χ0) is 23.8. The average Bonchev–Trinajstić information content (AvgIpc) is 3.24. The van der Waals surface area contributed by atoms with Gasteiger partial charge < -0.3 is 19.1 Å². The number of amides is 1. The highest BCUT2D eigenvalue weighted by atomic mass is 16.6. The molecule has 2 fully saturated rings. The van der Waals surface area contributed by atoms with Gasteiger partial charge in [0.05, 0.1) is 6.04 Å². The lowest BCUT2D eigenvalue weighted by molar-refractivity contribution is 0.0466. The molecule has 6 heteroatoms. The van der Waals surface area contributed by atoms with Gasteiger partial charge in [-0.05, 0) is 62.4 Å². The maximum absolute atomic E-state index is 12.3. The summed E-state index contributed by atoms with van der Waals surface area (Å²) in [5.74, 6) is 2.34. The molecule has 5 rings (SSSR count). The predicted octanol–water partition coefficient (Wildman–Crippen LogP) is 5.02. The van der Waals surface area contributed by atoms with Crippen LogP contribution in [0.25, 0.3) is 0 Å². The van der Waals surface area contributed by atoms with Gasteiger partial charge in [-0.3, -0.25) is 4.90 Å². The Balaban J connectivity index is 0.00000133. The molecule has 3 aliphatic rings. The molecular formula is C28H38N2O4. The number of nitrogens with zero attached hydrogens (tertiary/aromatic N) is 2. The van der Waals surface area contributed by atoms with Crippen LogP contribution in [-0.4, -0.2) is 67.4 Å². The largest absolute Gasteiger partial charge is 0.486 e. The van der Waals surface area contributed by atoms with E-state index in [1.165, 1.54) is 5.56 Å². The van der Waals surface area contributed by atoms with Crippen molar-refractivity contribution in [3.05, 3.63) is 60.2 Å². The fourth-order valence-corrected chi connectivity index (χ4v) is 5.04. The topological polar surface area (TPSA) is 51.2 Å². The standard InChI is InChI=1S/C26H32N2O4.C2H6/c29-26-28(22(18-31-26)16-21-6-2-1-3-7-21)15-12-20-10-13-27(14-11-20)17-23-19-30-24-8-4-5-9-25(24)32-23;1-2/h1-9,20,22-23H,10-19H2;1-2H3. The monoisotopic (exact) mass is 466 g/mol. The molecule has 0 aromatic heterocycles. The zero-order valence-electron chi connectivity index (χ0n) is 20.5. The van der Waals surface area contributed by atoms with Crippen molar-refractivity contribution in [1.82, 2.24) is 9.80 Å². The normalized spacial score (nSPS) is 22.6. The summed E-state index contributed by atoms with van der Waals surface area (Å²) in [6.45, 7) is 8.94. The van der Waals surface area contributed by atoms with Crippen molar-refractivity contribution < 1.29 is 19.0 Å². The first-order chi connectivity index (χ1) is 16.7. The molecule has 184 valence electrons. The van der Waals surface area contributed by atoms with Gasteiger partial charge in [-0.15, -0.1) is 0 Å². The molecule has 0 bridgehead atoms. The SMILES string of the molecule is CC.O=C1OCC(Cc2ccccc2)N1CCC1CCN(CC2COc3ccccc3O2)CC1. The highest BCUT2D eigenvalue weighted by molar-refractivity contribution is 5.70. The van der Waals surface area contributed by atoms with Crippen molar-refractivity contribution in [3.8, 4) is 11.5 Å². The number of carbonyl (C=O) groups excluding carboxylic acids is 1. The van der Waals surface area contributed by atoms with Crippen LogP contribution >= 0.6 is 0 Å². The Bertz CT molecular complexity index is 898. The van der Waals surface area contributed by atoms with E-state index >= 15 is 0 Å². The van der Waals surface area contributed by atoms with E-state index in [2.05, 4.69) is 17.0 Å². The molecule has 0 N–H and O–H groups in total. The lowest BCUT2D eigenvalue weighted by Crippen LogP contribution is -2.44. The third-order valence-electron chi connectivity index (χ3n) is 6.90. The molecule has 3 heterocycles. The fourth-order valence-electron chi connectivity index (χ4n) is 5.04. The Hall–Kier alpha value is -2.73. The summed E-state index contributed by atoms with van der Waals surface area (Å²) in [6.07, 6.45) is 4.16. The van der Waals surface area contributed by atoms with Crippen molar-refractivity contribution in [2.75, 3.05) is 39.4 Å². The summed E-state index contributed by atoms with van der Waals surface area (Å²) in [5.41, 5.74) is 1.26. The van der Waals surface area contributed by atoms with Crippen molar-refractivity contribution >= 4 is 6.09 Å². The van der Waals surface area contributed by atoms with Gasteiger partial charge in [0.2, 0.25) is 0 Å². The second-order valence-corrected chi connectivity index (χ2v) is 9.14. The number of rotatable bonds is 7. The summed E-state index contributed by atoms with van der Waals surface area (Å²) >= 11 is 0. The number of benzene rings is 2. The van der Waals surface area contributed by atoms with Crippen LogP contribution in [0.2, 0.25) is 0 Å². The number of hydrogen-bond donors (Lipinski definition) is 0. The summed E-state index contributed by atoms with van der Waals surface area (Å²) in [6, 6.07) is 18.4. The molecule has 2 atom stereocenters. The van der Waals surface area contributed by atoms with Crippen molar-refractivity contribution in [2.24, 2.45) is 5.92 Å². The fraction of sp³-hybridized carbons (Fsp3) is 0.536. The number of fused-ring (bicyclic) bond motifs is 1. The van der Waals surface area contributed by atoms with Crippen LogP contribution in [-0.2, 0) is 11.2 Å². The van der Waals surface area contributed by atoms with Crippen LogP contribution in [0.3, 0.4) is 0 Å². The van der Waals surface area contributed by atoms with Crippen molar-refractivity contribution in [3.63, 3.8) is 0 Å². The van der Waals surface area contributed by atoms with E-state index in [9.17, 15) is 4.79 Å². The lowest BCUT2D eigenvalue weighted by atomic mass is 9.93. The number of hydrogen-bond acceptors (Lipinski definition) is 5. The second kappa shape index (κ2) is 12.1. The summed E-state index contributed by atoms with van der Waals surface area (Å²) in [5, 5.41) is 0. The highest BCUT2D eigenvalue weighted by Gasteiger charge is 2.33. The Morgan fingerprint density at radius 2 is 1.59 bits per heavy atom. The number of para-hydroxylation sites is 2. The van der Waals surface area contributed by atoms with E-state index < -0.39 is 0 Å². The molecule has 0 radical (unpaired) electrons. The van der Waals surface area contributed by atoms with E-state index in [0.717, 1.165) is 63.4 Å². The first kappa shape index (κ1) is 24.4. The van der Waals surface area contributed by atoms with E-state index in [1.54, 1.807) is 0 Å². The molecule has 0 aliphatic carbocycles.